The maximum absolute atomic E-state index is 10.8. The molecular weight excluding hydrogens is 274 g/mol. The molecule has 22 heavy (non-hydrogen) atoms. The molecule has 0 amide bonds. The van der Waals surface area contributed by atoms with E-state index >= 15 is 0 Å². The third-order valence-electron chi connectivity index (χ3n) is 3.67. The molecule has 1 atom stereocenters. The molecule has 3 heteroatoms. The summed E-state index contributed by atoms with van der Waals surface area (Å²) in [6, 6.07) is 13.3. The lowest BCUT2D eigenvalue weighted by atomic mass is 9.93. The van der Waals surface area contributed by atoms with Crippen LogP contribution in [-0.2, 0) is 11.2 Å². The van der Waals surface area contributed by atoms with Crippen LogP contribution in [0, 0.1) is 6.92 Å². The fourth-order valence-electron chi connectivity index (χ4n) is 2.42. The van der Waals surface area contributed by atoms with Gasteiger partial charge in [-0.25, -0.2) is 0 Å². The number of carboxylic acids is 1. The Morgan fingerprint density at radius 3 is 2.41 bits per heavy atom. The standard InChI is InChI=1S/C19H21NO2/c1-12(2)17-10-13(3)4-9-16(17)15-7-5-14(6-8-15)11-18(20)19(21)22/h4-10,18H,1,11,20H2,2-3H3,(H,21,22). The monoisotopic (exact) mass is 295 g/mol. The zero-order chi connectivity index (χ0) is 16.3. The van der Waals surface area contributed by atoms with Crippen LogP contribution in [0.3, 0.4) is 0 Å². The van der Waals surface area contributed by atoms with Gasteiger partial charge in [-0.05, 0) is 42.5 Å². The highest BCUT2D eigenvalue weighted by atomic mass is 16.4. The first kappa shape index (κ1) is 16.0. The lowest BCUT2D eigenvalue weighted by Gasteiger charge is -2.12. The van der Waals surface area contributed by atoms with Crippen LogP contribution < -0.4 is 5.73 Å². The first-order chi connectivity index (χ1) is 10.4. The maximum Gasteiger partial charge on any atom is 0.320 e. The van der Waals surface area contributed by atoms with Crippen LogP contribution in [0.25, 0.3) is 16.7 Å². The predicted molar refractivity (Wildman–Crippen MR) is 90.6 cm³/mol. The Bertz CT molecular complexity index is 702. The molecule has 0 radical (unpaired) electrons. The van der Waals surface area contributed by atoms with Gasteiger partial charge in [-0.2, -0.15) is 0 Å². The first-order valence-electron chi connectivity index (χ1n) is 7.22. The molecule has 2 rings (SSSR count). The number of hydrogen-bond donors (Lipinski definition) is 2. The minimum atomic E-state index is -0.979. The number of benzene rings is 2. The molecule has 2 aromatic rings. The zero-order valence-electron chi connectivity index (χ0n) is 13.0. The smallest absolute Gasteiger partial charge is 0.320 e. The Morgan fingerprint density at radius 2 is 1.86 bits per heavy atom. The van der Waals surface area contributed by atoms with Crippen molar-refractivity contribution in [1.29, 1.82) is 0 Å². The number of allylic oxidation sites excluding steroid dienone is 1. The number of aliphatic carboxylic acids is 1. The molecule has 0 aliphatic rings. The van der Waals surface area contributed by atoms with Crippen LogP contribution >= 0.6 is 0 Å². The van der Waals surface area contributed by atoms with Crippen molar-refractivity contribution < 1.29 is 9.90 Å². The number of carboxylic acid groups (broad SMARTS) is 1. The van der Waals surface area contributed by atoms with Crippen LogP contribution in [-0.4, -0.2) is 17.1 Å². The fraction of sp³-hybridized carbons (Fsp3) is 0.211. The summed E-state index contributed by atoms with van der Waals surface area (Å²) in [6.07, 6.45) is 0.330. The predicted octanol–water partition coefficient (Wildman–Crippen LogP) is 3.65. The topological polar surface area (TPSA) is 63.3 Å². The van der Waals surface area contributed by atoms with E-state index in [2.05, 4.69) is 31.7 Å². The van der Waals surface area contributed by atoms with Crippen molar-refractivity contribution in [3.8, 4) is 11.1 Å². The van der Waals surface area contributed by atoms with Gasteiger partial charge in [-0.15, -0.1) is 0 Å². The van der Waals surface area contributed by atoms with Crippen LogP contribution in [0.1, 0.15) is 23.6 Å². The molecule has 0 aliphatic heterocycles. The molecule has 0 bridgehead atoms. The average molecular weight is 295 g/mol. The largest absolute Gasteiger partial charge is 0.480 e. The summed E-state index contributed by atoms with van der Waals surface area (Å²) in [5.41, 5.74) is 12.1. The molecule has 2 aromatic carbocycles. The number of hydrogen-bond acceptors (Lipinski definition) is 2. The number of aryl methyl sites for hydroxylation is 1. The normalized spacial score (nSPS) is 12.0. The van der Waals surface area contributed by atoms with Gasteiger partial charge in [0, 0.05) is 0 Å². The Balaban J connectivity index is 2.31. The van der Waals surface area contributed by atoms with E-state index in [-0.39, 0.29) is 0 Å². The van der Waals surface area contributed by atoms with Crippen molar-refractivity contribution in [2.45, 2.75) is 26.3 Å². The van der Waals surface area contributed by atoms with Gasteiger partial charge in [-0.1, -0.05) is 60.2 Å². The van der Waals surface area contributed by atoms with Crippen LogP contribution in [0.2, 0.25) is 0 Å². The van der Waals surface area contributed by atoms with E-state index < -0.39 is 12.0 Å². The van der Waals surface area contributed by atoms with Gasteiger partial charge in [0.05, 0.1) is 0 Å². The van der Waals surface area contributed by atoms with Gasteiger partial charge in [0.1, 0.15) is 6.04 Å². The number of rotatable bonds is 5. The van der Waals surface area contributed by atoms with Crippen molar-refractivity contribution in [3.63, 3.8) is 0 Å². The maximum atomic E-state index is 10.8. The molecule has 0 spiro atoms. The second-order valence-corrected chi connectivity index (χ2v) is 5.68. The highest BCUT2D eigenvalue weighted by Crippen LogP contribution is 2.29. The fourth-order valence-corrected chi connectivity index (χ4v) is 2.42. The Kier molecular flexibility index (Phi) is 4.78. The second kappa shape index (κ2) is 6.58. The molecule has 0 saturated heterocycles. The van der Waals surface area contributed by atoms with E-state index in [4.69, 9.17) is 10.8 Å². The second-order valence-electron chi connectivity index (χ2n) is 5.68. The van der Waals surface area contributed by atoms with Crippen molar-refractivity contribution in [2.24, 2.45) is 5.73 Å². The summed E-state index contributed by atoms with van der Waals surface area (Å²) >= 11 is 0. The highest BCUT2D eigenvalue weighted by molar-refractivity contribution is 5.80. The first-order valence-corrected chi connectivity index (χ1v) is 7.22. The summed E-state index contributed by atoms with van der Waals surface area (Å²) in [5, 5.41) is 8.86. The van der Waals surface area contributed by atoms with Crippen molar-refractivity contribution >= 4 is 11.5 Å². The summed E-state index contributed by atoms with van der Waals surface area (Å²) in [7, 11) is 0. The molecule has 1 unspecified atom stereocenters. The van der Waals surface area contributed by atoms with Gasteiger partial charge >= 0.3 is 5.97 Å². The highest BCUT2D eigenvalue weighted by Gasteiger charge is 2.12. The van der Waals surface area contributed by atoms with Crippen molar-refractivity contribution in [3.05, 3.63) is 65.7 Å². The quantitative estimate of drug-likeness (QED) is 0.885. The average Bonchev–Trinajstić information content (AvgIpc) is 2.48. The molecule has 0 heterocycles. The molecule has 0 aromatic heterocycles. The van der Waals surface area contributed by atoms with E-state index in [1.807, 2.05) is 31.2 Å². The van der Waals surface area contributed by atoms with Gasteiger partial charge < -0.3 is 10.8 Å². The molecular formula is C19H21NO2. The van der Waals surface area contributed by atoms with Crippen molar-refractivity contribution in [1.82, 2.24) is 0 Å². The van der Waals surface area contributed by atoms with E-state index in [0.717, 1.165) is 27.8 Å². The van der Waals surface area contributed by atoms with E-state index in [1.165, 1.54) is 5.56 Å². The van der Waals surface area contributed by atoms with E-state index in [1.54, 1.807) is 0 Å². The Labute approximate surface area is 131 Å². The van der Waals surface area contributed by atoms with E-state index in [0.29, 0.717) is 6.42 Å². The van der Waals surface area contributed by atoms with Gasteiger partial charge in [0.25, 0.3) is 0 Å². The summed E-state index contributed by atoms with van der Waals surface area (Å²) in [5.74, 6) is -0.979. The lowest BCUT2D eigenvalue weighted by molar-refractivity contribution is -0.138. The van der Waals surface area contributed by atoms with Crippen molar-refractivity contribution in [2.75, 3.05) is 0 Å². The lowest BCUT2D eigenvalue weighted by Crippen LogP contribution is -2.32. The Hall–Kier alpha value is -2.39. The minimum absolute atomic E-state index is 0.330. The van der Waals surface area contributed by atoms with Gasteiger partial charge in [0.15, 0.2) is 0 Å². The van der Waals surface area contributed by atoms with Gasteiger partial charge in [-0.3, -0.25) is 4.79 Å². The number of carbonyl (C=O) groups is 1. The Morgan fingerprint density at radius 1 is 1.23 bits per heavy atom. The zero-order valence-corrected chi connectivity index (χ0v) is 13.0. The summed E-state index contributed by atoms with van der Waals surface area (Å²) in [6.45, 7) is 8.11. The third-order valence-corrected chi connectivity index (χ3v) is 3.67. The molecule has 3 nitrogen and oxygen atoms in total. The third kappa shape index (κ3) is 3.62. The van der Waals surface area contributed by atoms with Crippen LogP contribution in [0.5, 0.6) is 0 Å². The van der Waals surface area contributed by atoms with E-state index in [9.17, 15) is 4.79 Å². The van der Waals surface area contributed by atoms with Crippen LogP contribution in [0.4, 0.5) is 0 Å². The summed E-state index contributed by atoms with van der Waals surface area (Å²) < 4.78 is 0. The minimum Gasteiger partial charge on any atom is -0.480 e. The SMILES string of the molecule is C=C(C)c1cc(C)ccc1-c1ccc(CC(N)C(=O)O)cc1. The molecule has 3 N–H and O–H groups in total. The van der Waals surface area contributed by atoms with Crippen LogP contribution in [0.15, 0.2) is 49.0 Å². The molecule has 0 fully saturated rings. The van der Waals surface area contributed by atoms with Gasteiger partial charge in [0.2, 0.25) is 0 Å². The molecule has 0 aliphatic carbocycles. The number of nitrogens with two attached hydrogens (primary N) is 1. The molecule has 0 saturated carbocycles. The molecule has 114 valence electrons. The summed E-state index contributed by atoms with van der Waals surface area (Å²) in [4.78, 5) is 10.8.